The minimum atomic E-state index is -0.650. The lowest BCUT2D eigenvalue weighted by Gasteiger charge is -2.04. The van der Waals surface area contributed by atoms with Crippen LogP contribution in [0.25, 0.3) is 0 Å². The molecular formula is C30H58O2. The van der Waals surface area contributed by atoms with Crippen LogP contribution in [0.4, 0.5) is 0 Å². The summed E-state index contributed by atoms with van der Waals surface area (Å²) < 4.78 is 0. The third kappa shape index (κ3) is 29.2. The average Bonchev–Trinajstić information content (AvgIpc) is 2.78. The Morgan fingerprint density at radius 3 is 0.969 bits per heavy atom. The zero-order valence-electron chi connectivity index (χ0n) is 21.9. The van der Waals surface area contributed by atoms with Crippen LogP contribution in [0.15, 0.2) is 12.2 Å². The molecule has 0 radical (unpaired) electrons. The minimum absolute atomic E-state index is 0.345. The lowest BCUT2D eigenvalue weighted by atomic mass is 10.0. The predicted molar refractivity (Wildman–Crippen MR) is 142 cm³/mol. The molecule has 0 aromatic heterocycles. The van der Waals surface area contributed by atoms with Crippen LogP contribution in [0.1, 0.15) is 174 Å². The average molecular weight is 451 g/mol. The summed E-state index contributed by atoms with van der Waals surface area (Å²) in [6.45, 7) is 2.12. The highest BCUT2D eigenvalue weighted by atomic mass is 16.4. The zero-order chi connectivity index (χ0) is 23.4. The van der Waals surface area contributed by atoms with E-state index in [1.807, 2.05) is 0 Å². The van der Waals surface area contributed by atoms with E-state index < -0.39 is 5.97 Å². The van der Waals surface area contributed by atoms with Gasteiger partial charge in [-0.3, -0.25) is 4.79 Å². The molecular weight excluding hydrogens is 392 g/mol. The summed E-state index contributed by atoms with van der Waals surface area (Å²) in [5.41, 5.74) is 0. The maximum Gasteiger partial charge on any atom is 0.303 e. The van der Waals surface area contributed by atoms with E-state index in [0.717, 1.165) is 12.8 Å². The highest BCUT2D eigenvalue weighted by Gasteiger charge is 1.98. The fourth-order valence-corrected chi connectivity index (χ4v) is 4.59. The molecule has 0 saturated heterocycles. The summed E-state index contributed by atoms with van der Waals surface area (Å²) in [6.07, 6.45) is 39.2. The summed E-state index contributed by atoms with van der Waals surface area (Å²) in [5, 5.41) is 8.60. The molecule has 2 nitrogen and oxygen atoms in total. The van der Waals surface area contributed by atoms with E-state index in [-0.39, 0.29) is 0 Å². The van der Waals surface area contributed by atoms with Crippen molar-refractivity contribution in [3.8, 4) is 0 Å². The first-order valence-electron chi connectivity index (χ1n) is 14.6. The molecule has 0 unspecified atom stereocenters. The summed E-state index contributed by atoms with van der Waals surface area (Å²) in [4.78, 5) is 10.4. The molecule has 0 rings (SSSR count). The number of rotatable bonds is 27. The van der Waals surface area contributed by atoms with Crippen molar-refractivity contribution >= 4 is 5.97 Å². The Kier molecular flexibility index (Phi) is 27.5. The first-order valence-corrected chi connectivity index (χ1v) is 14.6. The molecule has 0 spiro atoms. The number of hydrogen-bond donors (Lipinski definition) is 1. The molecule has 0 atom stereocenters. The van der Waals surface area contributed by atoms with Gasteiger partial charge in [-0.05, 0) is 26.2 Å². The van der Waals surface area contributed by atoms with Gasteiger partial charge in [0.05, 0.1) is 0 Å². The van der Waals surface area contributed by atoms with Gasteiger partial charge in [0, 0.05) is 6.42 Å². The van der Waals surface area contributed by atoms with Gasteiger partial charge in [-0.25, -0.2) is 0 Å². The Balaban J connectivity index is 3.02. The smallest absolute Gasteiger partial charge is 0.303 e. The van der Waals surface area contributed by atoms with E-state index in [2.05, 4.69) is 19.1 Å². The molecule has 0 aromatic carbocycles. The second-order valence-corrected chi connectivity index (χ2v) is 9.99. The predicted octanol–water partition coefficient (Wildman–Crippen LogP) is 10.8. The highest BCUT2D eigenvalue weighted by molar-refractivity contribution is 5.66. The van der Waals surface area contributed by atoms with Gasteiger partial charge < -0.3 is 5.11 Å². The number of carboxylic acids is 1. The lowest BCUT2D eigenvalue weighted by molar-refractivity contribution is -0.137. The summed E-state index contributed by atoms with van der Waals surface area (Å²) in [7, 11) is 0. The van der Waals surface area contributed by atoms with Crippen LogP contribution in [0.3, 0.4) is 0 Å². The van der Waals surface area contributed by atoms with Crippen LogP contribution in [-0.4, -0.2) is 11.1 Å². The van der Waals surface area contributed by atoms with Gasteiger partial charge in [0.1, 0.15) is 0 Å². The van der Waals surface area contributed by atoms with Crippen LogP contribution in [0.2, 0.25) is 0 Å². The number of carbonyl (C=O) groups is 1. The van der Waals surface area contributed by atoms with Crippen molar-refractivity contribution in [2.75, 3.05) is 0 Å². The number of unbranched alkanes of at least 4 members (excludes halogenated alkanes) is 24. The van der Waals surface area contributed by atoms with Crippen molar-refractivity contribution in [1.82, 2.24) is 0 Å². The molecule has 0 heterocycles. The Morgan fingerprint density at radius 2 is 0.719 bits per heavy atom. The second kappa shape index (κ2) is 28.2. The molecule has 0 aliphatic rings. The molecule has 32 heavy (non-hydrogen) atoms. The van der Waals surface area contributed by atoms with Crippen LogP contribution in [0, 0.1) is 0 Å². The van der Waals surface area contributed by atoms with Gasteiger partial charge >= 0.3 is 5.97 Å². The van der Waals surface area contributed by atoms with Gasteiger partial charge in [-0.2, -0.15) is 0 Å². The van der Waals surface area contributed by atoms with Crippen LogP contribution in [0.5, 0.6) is 0 Å². The Bertz CT molecular complexity index is 388. The van der Waals surface area contributed by atoms with E-state index in [4.69, 9.17) is 5.11 Å². The van der Waals surface area contributed by atoms with E-state index in [1.54, 1.807) is 0 Å². The van der Waals surface area contributed by atoms with Crippen molar-refractivity contribution in [1.29, 1.82) is 0 Å². The lowest BCUT2D eigenvalue weighted by Crippen LogP contribution is -1.93. The molecule has 0 aliphatic heterocycles. The SMILES string of the molecule is CC=CCCCCCCCCCCCCCCCCCCCCCCCCCCC(=O)O. The van der Waals surface area contributed by atoms with Gasteiger partial charge in [-0.15, -0.1) is 0 Å². The van der Waals surface area contributed by atoms with Crippen LogP contribution < -0.4 is 0 Å². The highest BCUT2D eigenvalue weighted by Crippen LogP contribution is 2.16. The molecule has 2 heteroatoms. The van der Waals surface area contributed by atoms with Crippen LogP contribution in [-0.2, 0) is 4.79 Å². The Labute approximate surface area is 202 Å². The first kappa shape index (κ1) is 31.2. The first-order chi connectivity index (χ1) is 15.8. The largest absolute Gasteiger partial charge is 0.481 e. The summed E-state index contributed by atoms with van der Waals surface area (Å²) in [6, 6.07) is 0. The van der Waals surface area contributed by atoms with Crippen molar-refractivity contribution in [2.24, 2.45) is 0 Å². The number of carboxylic acid groups (broad SMARTS) is 1. The van der Waals surface area contributed by atoms with E-state index in [9.17, 15) is 4.79 Å². The van der Waals surface area contributed by atoms with Gasteiger partial charge in [-0.1, -0.05) is 153 Å². The number of aliphatic carboxylic acids is 1. The van der Waals surface area contributed by atoms with Gasteiger partial charge in [0.25, 0.3) is 0 Å². The topological polar surface area (TPSA) is 37.3 Å². The monoisotopic (exact) mass is 450 g/mol. The molecule has 0 aromatic rings. The fraction of sp³-hybridized carbons (Fsp3) is 0.900. The Morgan fingerprint density at radius 1 is 0.469 bits per heavy atom. The van der Waals surface area contributed by atoms with Crippen molar-refractivity contribution < 1.29 is 9.90 Å². The third-order valence-electron chi connectivity index (χ3n) is 6.75. The quantitative estimate of drug-likeness (QED) is 0.0997. The fourth-order valence-electron chi connectivity index (χ4n) is 4.59. The molecule has 0 amide bonds. The van der Waals surface area contributed by atoms with Crippen molar-refractivity contribution in [2.45, 2.75) is 174 Å². The zero-order valence-corrected chi connectivity index (χ0v) is 21.9. The summed E-state index contributed by atoms with van der Waals surface area (Å²) >= 11 is 0. The second-order valence-electron chi connectivity index (χ2n) is 9.99. The molecule has 0 fully saturated rings. The minimum Gasteiger partial charge on any atom is -0.481 e. The van der Waals surface area contributed by atoms with E-state index in [1.165, 1.54) is 148 Å². The van der Waals surface area contributed by atoms with Crippen LogP contribution >= 0.6 is 0 Å². The van der Waals surface area contributed by atoms with Gasteiger partial charge in [0.15, 0.2) is 0 Å². The molecule has 1 N–H and O–H groups in total. The molecule has 0 bridgehead atoms. The standard InChI is InChI=1S/C30H58O2/c1-2-3-4-5-6-7-8-9-10-11-12-13-14-15-16-17-18-19-20-21-22-23-24-25-26-27-28-29-30(31)32/h2-3H,4-29H2,1H3,(H,31,32). The van der Waals surface area contributed by atoms with Gasteiger partial charge in [0.2, 0.25) is 0 Å². The molecule has 0 saturated carbocycles. The molecule has 0 aliphatic carbocycles. The van der Waals surface area contributed by atoms with E-state index in [0.29, 0.717) is 6.42 Å². The molecule has 190 valence electrons. The normalized spacial score (nSPS) is 11.5. The Hall–Kier alpha value is -0.790. The van der Waals surface area contributed by atoms with Crippen molar-refractivity contribution in [3.05, 3.63) is 12.2 Å². The maximum absolute atomic E-state index is 10.4. The van der Waals surface area contributed by atoms with Crippen molar-refractivity contribution in [3.63, 3.8) is 0 Å². The maximum atomic E-state index is 10.4. The number of hydrogen-bond acceptors (Lipinski definition) is 1. The number of allylic oxidation sites excluding steroid dienone is 2. The summed E-state index contributed by atoms with van der Waals surface area (Å²) in [5.74, 6) is -0.650. The van der Waals surface area contributed by atoms with E-state index >= 15 is 0 Å². The third-order valence-corrected chi connectivity index (χ3v) is 6.75.